The predicted octanol–water partition coefficient (Wildman–Crippen LogP) is 5.76. The van der Waals surface area contributed by atoms with Gasteiger partial charge in [-0.2, -0.15) is 0 Å². The Balaban J connectivity index is 1.85. The van der Waals surface area contributed by atoms with Crippen molar-refractivity contribution in [3.63, 3.8) is 0 Å². The highest BCUT2D eigenvalue weighted by Crippen LogP contribution is 2.30. The van der Waals surface area contributed by atoms with Crippen LogP contribution in [-0.2, 0) is 6.42 Å². The van der Waals surface area contributed by atoms with Gasteiger partial charge in [0.1, 0.15) is 0 Å². The number of rotatable bonds is 4. The van der Waals surface area contributed by atoms with Crippen LogP contribution in [0.25, 0.3) is 17.2 Å². The summed E-state index contributed by atoms with van der Waals surface area (Å²) in [7, 11) is 0. The fraction of sp³-hybridized carbons (Fsp3) is 0.385. The van der Waals surface area contributed by atoms with E-state index in [4.69, 9.17) is 0 Å². The van der Waals surface area contributed by atoms with Gasteiger partial charge in [-0.25, -0.2) is 0 Å². The van der Waals surface area contributed by atoms with Gasteiger partial charge in [0, 0.05) is 0 Å². The molecule has 1 aromatic rings. The maximum absolute atomic E-state index is 2.50. The van der Waals surface area contributed by atoms with E-state index in [1.54, 1.807) is 10.8 Å². The van der Waals surface area contributed by atoms with Crippen molar-refractivity contribution in [2.75, 3.05) is 0 Å². The Labute approximate surface area is 158 Å². The zero-order chi connectivity index (χ0) is 17.9. The molecule has 0 radical (unpaired) electrons. The van der Waals surface area contributed by atoms with E-state index in [0.717, 1.165) is 19.3 Å². The summed E-state index contributed by atoms with van der Waals surface area (Å²) in [6.07, 6.45) is 23.8. The van der Waals surface area contributed by atoms with Crippen molar-refractivity contribution < 1.29 is 0 Å². The quantitative estimate of drug-likeness (QED) is 0.652. The topological polar surface area (TPSA) is 0 Å². The van der Waals surface area contributed by atoms with Gasteiger partial charge in [0.15, 0.2) is 0 Å². The van der Waals surface area contributed by atoms with Gasteiger partial charge in [0.25, 0.3) is 0 Å². The highest BCUT2D eigenvalue weighted by Gasteiger charge is 2.15. The third kappa shape index (κ3) is 3.18. The lowest BCUT2D eigenvalue weighted by Gasteiger charge is -2.20. The normalized spacial score (nSPS) is 19.3. The van der Waals surface area contributed by atoms with Crippen LogP contribution in [0.3, 0.4) is 0 Å². The minimum atomic E-state index is 1.13. The van der Waals surface area contributed by atoms with Crippen molar-refractivity contribution in [1.29, 1.82) is 0 Å². The minimum Gasteiger partial charge on any atom is -0.0836 e. The SMILES string of the molecule is CCC1=c2c(CC)ccc(C3=CC(C4=CCCC=C4)=CCC3)c2=CCC1. The molecule has 0 heterocycles. The monoisotopic (exact) mass is 342 g/mol. The van der Waals surface area contributed by atoms with E-state index in [9.17, 15) is 0 Å². The van der Waals surface area contributed by atoms with E-state index < -0.39 is 0 Å². The van der Waals surface area contributed by atoms with E-state index in [1.807, 2.05) is 0 Å². The molecule has 134 valence electrons. The second-order valence-electron chi connectivity index (χ2n) is 7.62. The lowest BCUT2D eigenvalue weighted by molar-refractivity contribution is 0.977. The predicted molar refractivity (Wildman–Crippen MR) is 114 cm³/mol. The van der Waals surface area contributed by atoms with Gasteiger partial charge in [0.2, 0.25) is 0 Å². The van der Waals surface area contributed by atoms with Crippen LogP contribution in [0, 0.1) is 0 Å². The summed E-state index contributed by atoms with van der Waals surface area (Å²) in [5.41, 5.74) is 9.03. The van der Waals surface area contributed by atoms with Crippen LogP contribution >= 0.6 is 0 Å². The van der Waals surface area contributed by atoms with Crippen molar-refractivity contribution in [1.82, 2.24) is 0 Å². The smallest absolute Gasteiger partial charge is 0.0146 e. The van der Waals surface area contributed by atoms with E-state index in [1.165, 1.54) is 65.2 Å². The average molecular weight is 343 g/mol. The van der Waals surface area contributed by atoms with Crippen molar-refractivity contribution in [3.05, 3.63) is 75.2 Å². The summed E-state index contributed by atoms with van der Waals surface area (Å²) in [5, 5.41) is 3.10. The zero-order valence-corrected chi connectivity index (χ0v) is 16.3. The third-order valence-corrected chi connectivity index (χ3v) is 6.07. The largest absolute Gasteiger partial charge is 0.0836 e. The van der Waals surface area contributed by atoms with Gasteiger partial charge >= 0.3 is 0 Å². The zero-order valence-electron chi connectivity index (χ0n) is 16.3. The molecular weight excluding hydrogens is 312 g/mol. The van der Waals surface area contributed by atoms with Gasteiger partial charge < -0.3 is 0 Å². The third-order valence-electron chi connectivity index (χ3n) is 6.07. The van der Waals surface area contributed by atoms with Gasteiger partial charge in [-0.3, -0.25) is 0 Å². The summed E-state index contributed by atoms with van der Waals surface area (Å²) in [5.74, 6) is 0. The van der Waals surface area contributed by atoms with E-state index in [2.05, 4.69) is 62.4 Å². The van der Waals surface area contributed by atoms with Gasteiger partial charge in [-0.15, -0.1) is 0 Å². The van der Waals surface area contributed by atoms with E-state index >= 15 is 0 Å². The molecule has 0 saturated heterocycles. The fourth-order valence-corrected chi connectivity index (χ4v) is 4.68. The van der Waals surface area contributed by atoms with Crippen LogP contribution in [0.1, 0.15) is 69.9 Å². The molecule has 0 atom stereocenters. The molecule has 0 nitrogen and oxygen atoms in total. The molecule has 0 aliphatic heterocycles. The fourth-order valence-electron chi connectivity index (χ4n) is 4.68. The molecule has 3 aliphatic carbocycles. The minimum absolute atomic E-state index is 1.13. The first-order valence-electron chi connectivity index (χ1n) is 10.4. The average Bonchev–Trinajstić information content (AvgIpc) is 2.73. The van der Waals surface area contributed by atoms with Crippen LogP contribution in [0.15, 0.2) is 53.7 Å². The van der Waals surface area contributed by atoms with Crippen molar-refractivity contribution in [2.45, 2.75) is 65.2 Å². The number of aryl methyl sites for hydroxylation is 1. The molecule has 0 heteroatoms. The molecule has 0 unspecified atom stereocenters. The molecule has 0 saturated carbocycles. The number of hydrogen-bond donors (Lipinski definition) is 0. The van der Waals surface area contributed by atoms with Crippen LogP contribution in [0.5, 0.6) is 0 Å². The number of hydrogen-bond acceptors (Lipinski definition) is 0. The van der Waals surface area contributed by atoms with Crippen molar-refractivity contribution in [3.8, 4) is 0 Å². The summed E-state index contributed by atoms with van der Waals surface area (Å²) in [6.45, 7) is 4.61. The molecule has 26 heavy (non-hydrogen) atoms. The lowest BCUT2D eigenvalue weighted by atomic mass is 9.85. The maximum atomic E-state index is 2.50. The number of fused-ring (bicyclic) bond motifs is 1. The molecule has 0 N–H and O–H groups in total. The Morgan fingerprint density at radius 1 is 0.808 bits per heavy atom. The van der Waals surface area contributed by atoms with Crippen LogP contribution in [0.2, 0.25) is 0 Å². The van der Waals surface area contributed by atoms with Crippen LogP contribution in [-0.4, -0.2) is 0 Å². The van der Waals surface area contributed by atoms with Crippen molar-refractivity contribution >= 4 is 17.2 Å². The van der Waals surface area contributed by atoms with Gasteiger partial charge in [0.05, 0.1) is 0 Å². The number of allylic oxidation sites excluding steroid dienone is 8. The lowest BCUT2D eigenvalue weighted by Crippen LogP contribution is -2.36. The highest BCUT2D eigenvalue weighted by atomic mass is 14.2. The summed E-state index contributed by atoms with van der Waals surface area (Å²) < 4.78 is 0. The van der Waals surface area contributed by atoms with Crippen LogP contribution < -0.4 is 10.4 Å². The Morgan fingerprint density at radius 3 is 2.42 bits per heavy atom. The Bertz CT molecular complexity index is 944. The summed E-state index contributed by atoms with van der Waals surface area (Å²) >= 11 is 0. The molecule has 0 fully saturated rings. The molecule has 3 aliphatic rings. The Morgan fingerprint density at radius 2 is 1.65 bits per heavy atom. The molecular formula is C26H30. The molecule has 0 aromatic heterocycles. The Hall–Kier alpha value is -2.08. The molecule has 0 amide bonds. The Kier molecular flexibility index (Phi) is 5.11. The standard InChI is InChI=1S/C26H30/c1-3-19-12-9-15-25-24(17-16-20(4-2)26(19)25)23-14-8-13-22(18-23)21-10-6-5-7-11-21/h6,10-11,13,15-18H,3-5,7-9,12,14H2,1-2H3. The molecule has 1 aromatic carbocycles. The van der Waals surface area contributed by atoms with E-state index in [-0.39, 0.29) is 0 Å². The maximum Gasteiger partial charge on any atom is -0.0146 e. The first-order valence-corrected chi connectivity index (χ1v) is 10.4. The molecule has 4 rings (SSSR count). The molecule has 0 spiro atoms. The van der Waals surface area contributed by atoms with Crippen molar-refractivity contribution in [2.24, 2.45) is 0 Å². The van der Waals surface area contributed by atoms with Gasteiger partial charge in [-0.1, -0.05) is 68.0 Å². The summed E-state index contributed by atoms with van der Waals surface area (Å²) in [6, 6.07) is 4.79. The number of benzene rings is 1. The second-order valence-corrected chi connectivity index (χ2v) is 7.62. The van der Waals surface area contributed by atoms with Crippen LogP contribution in [0.4, 0.5) is 0 Å². The van der Waals surface area contributed by atoms with E-state index in [0.29, 0.717) is 0 Å². The summed E-state index contributed by atoms with van der Waals surface area (Å²) in [4.78, 5) is 0. The first kappa shape index (κ1) is 17.3. The first-order chi connectivity index (χ1) is 12.8. The van der Waals surface area contributed by atoms with Gasteiger partial charge in [-0.05, 0) is 89.7 Å². The second kappa shape index (κ2) is 7.66. The molecule has 0 bridgehead atoms. The highest BCUT2D eigenvalue weighted by molar-refractivity contribution is 5.74.